The molecule has 0 spiro atoms. The van der Waals surface area contributed by atoms with E-state index in [1.165, 1.54) is 0 Å². The predicted octanol–water partition coefficient (Wildman–Crippen LogP) is 4.15. The Balaban J connectivity index is 2.65. The molecule has 0 aliphatic rings. The van der Waals surface area contributed by atoms with Gasteiger partial charge in [-0.05, 0) is 25.0 Å². The zero-order chi connectivity index (χ0) is 12.5. The van der Waals surface area contributed by atoms with Crippen LogP contribution in [0, 0.1) is 0 Å². The number of unbranched alkanes of at least 4 members (excludes halogenated alkanes) is 1. The second kappa shape index (κ2) is 7.66. The summed E-state index contributed by atoms with van der Waals surface area (Å²) in [5.74, 6) is 0.0338. The van der Waals surface area contributed by atoms with E-state index in [9.17, 15) is 4.79 Å². The van der Waals surface area contributed by atoms with Gasteiger partial charge in [-0.15, -0.1) is 0 Å². The summed E-state index contributed by atoms with van der Waals surface area (Å²) in [6, 6.07) is 9.59. The van der Waals surface area contributed by atoms with Gasteiger partial charge in [0, 0.05) is 11.3 Å². The number of benzene rings is 1. The number of nitrogens with one attached hydrogen (secondary N) is 1. The Morgan fingerprint density at radius 2 is 1.88 bits per heavy atom. The van der Waals surface area contributed by atoms with Crippen molar-refractivity contribution >= 4 is 11.6 Å². The minimum absolute atomic E-state index is 0.0338. The van der Waals surface area contributed by atoms with Gasteiger partial charge < -0.3 is 5.32 Å². The van der Waals surface area contributed by atoms with Crippen LogP contribution in [-0.4, -0.2) is 5.91 Å². The lowest BCUT2D eigenvalue weighted by atomic mass is 10.1. The number of anilines is 1. The summed E-state index contributed by atoms with van der Waals surface area (Å²) in [5, 5.41) is 2.93. The van der Waals surface area contributed by atoms with Crippen LogP contribution in [0.2, 0.25) is 0 Å². The van der Waals surface area contributed by atoms with E-state index in [4.69, 9.17) is 0 Å². The molecular weight excluding hydrogens is 210 g/mol. The van der Waals surface area contributed by atoms with E-state index in [-0.39, 0.29) is 5.91 Å². The molecule has 0 saturated heterocycles. The average molecular weight is 231 g/mol. The fourth-order valence-corrected chi connectivity index (χ4v) is 1.63. The van der Waals surface area contributed by atoms with Crippen LogP contribution in [0.5, 0.6) is 0 Å². The van der Waals surface area contributed by atoms with Crippen molar-refractivity contribution in [2.45, 2.75) is 39.5 Å². The summed E-state index contributed by atoms with van der Waals surface area (Å²) in [6.07, 6.45) is 5.95. The minimum Gasteiger partial charge on any atom is -0.322 e. The maximum absolute atomic E-state index is 12.0. The van der Waals surface area contributed by atoms with Crippen molar-refractivity contribution in [3.63, 3.8) is 0 Å². The fourth-order valence-electron chi connectivity index (χ4n) is 1.63. The molecule has 1 amide bonds. The molecule has 2 heteroatoms. The van der Waals surface area contributed by atoms with Crippen molar-refractivity contribution in [1.82, 2.24) is 0 Å². The van der Waals surface area contributed by atoms with E-state index >= 15 is 0 Å². The van der Waals surface area contributed by atoms with E-state index < -0.39 is 0 Å². The molecule has 0 bridgehead atoms. The van der Waals surface area contributed by atoms with E-state index in [1.54, 1.807) is 0 Å². The second-order valence-corrected chi connectivity index (χ2v) is 4.09. The summed E-state index contributed by atoms with van der Waals surface area (Å²) in [7, 11) is 0. The first-order chi connectivity index (χ1) is 8.27. The van der Waals surface area contributed by atoms with Crippen LogP contribution in [0.4, 0.5) is 5.69 Å². The van der Waals surface area contributed by atoms with Gasteiger partial charge in [0.15, 0.2) is 0 Å². The summed E-state index contributed by atoms with van der Waals surface area (Å²) >= 11 is 0. The molecule has 92 valence electrons. The average Bonchev–Trinajstić information content (AvgIpc) is 2.35. The molecule has 0 radical (unpaired) electrons. The third-order valence-corrected chi connectivity index (χ3v) is 2.52. The normalized spacial score (nSPS) is 11.3. The van der Waals surface area contributed by atoms with Gasteiger partial charge in [0.25, 0.3) is 5.91 Å². The SMILES string of the molecule is CCC/C=C(\CCC)C(=O)Nc1ccccc1. The molecule has 0 aliphatic heterocycles. The molecule has 0 unspecified atom stereocenters. The van der Waals surface area contributed by atoms with Crippen molar-refractivity contribution in [2.24, 2.45) is 0 Å². The number of allylic oxidation sites excluding steroid dienone is 1. The van der Waals surface area contributed by atoms with Gasteiger partial charge in [0.1, 0.15) is 0 Å². The van der Waals surface area contributed by atoms with Gasteiger partial charge in [0.05, 0.1) is 0 Å². The molecule has 1 aromatic carbocycles. The molecular formula is C15H21NO. The van der Waals surface area contributed by atoms with E-state index in [0.29, 0.717) is 0 Å². The third-order valence-electron chi connectivity index (χ3n) is 2.52. The Morgan fingerprint density at radius 1 is 1.18 bits per heavy atom. The number of para-hydroxylation sites is 1. The highest BCUT2D eigenvalue weighted by Crippen LogP contribution is 2.12. The number of amides is 1. The number of hydrogen-bond donors (Lipinski definition) is 1. The minimum atomic E-state index is 0.0338. The molecule has 1 rings (SSSR count). The quantitative estimate of drug-likeness (QED) is 0.732. The predicted molar refractivity (Wildman–Crippen MR) is 73.0 cm³/mol. The van der Waals surface area contributed by atoms with Gasteiger partial charge >= 0.3 is 0 Å². The molecule has 0 atom stereocenters. The van der Waals surface area contributed by atoms with Crippen LogP contribution >= 0.6 is 0 Å². The standard InChI is InChI=1S/C15H21NO/c1-3-5-10-13(9-4-2)15(17)16-14-11-7-6-8-12-14/h6-8,10-12H,3-5,9H2,1-2H3,(H,16,17)/b13-10+. The number of carbonyl (C=O) groups excluding carboxylic acids is 1. The lowest BCUT2D eigenvalue weighted by Gasteiger charge is -2.08. The fraction of sp³-hybridized carbons (Fsp3) is 0.400. The zero-order valence-electron chi connectivity index (χ0n) is 10.7. The van der Waals surface area contributed by atoms with Crippen molar-refractivity contribution in [2.75, 3.05) is 5.32 Å². The van der Waals surface area contributed by atoms with Gasteiger partial charge in [-0.2, -0.15) is 0 Å². The first kappa shape index (κ1) is 13.5. The molecule has 2 nitrogen and oxygen atoms in total. The van der Waals surface area contributed by atoms with Gasteiger partial charge in [-0.25, -0.2) is 0 Å². The summed E-state index contributed by atoms with van der Waals surface area (Å²) in [6.45, 7) is 4.21. The smallest absolute Gasteiger partial charge is 0.251 e. The van der Waals surface area contributed by atoms with Gasteiger partial charge in [0.2, 0.25) is 0 Å². The second-order valence-electron chi connectivity index (χ2n) is 4.09. The Labute approximate surface area is 104 Å². The van der Waals surface area contributed by atoms with Crippen molar-refractivity contribution in [1.29, 1.82) is 0 Å². The van der Waals surface area contributed by atoms with Gasteiger partial charge in [-0.3, -0.25) is 4.79 Å². The summed E-state index contributed by atoms with van der Waals surface area (Å²) in [5.41, 5.74) is 1.76. The summed E-state index contributed by atoms with van der Waals surface area (Å²) < 4.78 is 0. The van der Waals surface area contributed by atoms with Crippen LogP contribution < -0.4 is 5.32 Å². The maximum atomic E-state index is 12.0. The lowest BCUT2D eigenvalue weighted by Crippen LogP contribution is -2.14. The topological polar surface area (TPSA) is 29.1 Å². The largest absolute Gasteiger partial charge is 0.322 e. The molecule has 1 aromatic rings. The molecule has 0 fully saturated rings. The number of carbonyl (C=O) groups is 1. The van der Waals surface area contributed by atoms with Crippen molar-refractivity contribution in [3.05, 3.63) is 42.0 Å². The first-order valence-electron chi connectivity index (χ1n) is 6.33. The Morgan fingerprint density at radius 3 is 2.47 bits per heavy atom. The highest BCUT2D eigenvalue weighted by molar-refractivity contribution is 6.03. The molecule has 0 aromatic heterocycles. The van der Waals surface area contributed by atoms with Crippen LogP contribution in [0.3, 0.4) is 0 Å². The molecule has 0 aliphatic carbocycles. The monoisotopic (exact) mass is 231 g/mol. The maximum Gasteiger partial charge on any atom is 0.251 e. The molecule has 1 N–H and O–H groups in total. The Hall–Kier alpha value is -1.57. The van der Waals surface area contributed by atoms with E-state index in [2.05, 4.69) is 25.2 Å². The highest BCUT2D eigenvalue weighted by atomic mass is 16.1. The highest BCUT2D eigenvalue weighted by Gasteiger charge is 2.07. The van der Waals surface area contributed by atoms with Gasteiger partial charge in [-0.1, -0.05) is 51.0 Å². The van der Waals surface area contributed by atoms with Crippen LogP contribution in [0.1, 0.15) is 39.5 Å². The van der Waals surface area contributed by atoms with Crippen LogP contribution in [-0.2, 0) is 4.79 Å². The first-order valence-corrected chi connectivity index (χ1v) is 6.33. The Kier molecular flexibility index (Phi) is 6.08. The third kappa shape index (κ3) is 4.85. The van der Waals surface area contributed by atoms with Crippen LogP contribution in [0.25, 0.3) is 0 Å². The number of rotatable bonds is 6. The number of hydrogen-bond acceptors (Lipinski definition) is 1. The molecule has 17 heavy (non-hydrogen) atoms. The summed E-state index contributed by atoms with van der Waals surface area (Å²) in [4.78, 5) is 12.0. The Bertz CT molecular complexity index is 368. The van der Waals surface area contributed by atoms with Crippen LogP contribution in [0.15, 0.2) is 42.0 Å². The van der Waals surface area contributed by atoms with Crippen molar-refractivity contribution < 1.29 is 4.79 Å². The zero-order valence-corrected chi connectivity index (χ0v) is 10.7. The van der Waals surface area contributed by atoms with E-state index in [1.807, 2.05) is 30.3 Å². The molecule has 0 saturated carbocycles. The molecule has 0 heterocycles. The lowest BCUT2D eigenvalue weighted by molar-refractivity contribution is -0.113. The van der Waals surface area contributed by atoms with Crippen molar-refractivity contribution in [3.8, 4) is 0 Å². The van der Waals surface area contributed by atoms with E-state index in [0.717, 1.165) is 36.9 Å².